The van der Waals surface area contributed by atoms with Crippen molar-refractivity contribution in [2.45, 2.75) is 83.9 Å². The van der Waals surface area contributed by atoms with Crippen LogP contribution in [0.4, 0.5) is 5.69 Å². The molecule has 1 aromatic carbocycles. The number of carboxylic acids is 1. The molecule has 3 amide bonds. The second-order valence-corrected chi connectivity index (χ2v) is 12.7. The summed E-state index contributed by atoms with van der Waals surface area (Å²) in [6.07, 6.45) is 3.48. The minimum absolute atomic E-state index is 0.0236. The Kier molecular flexibility index (Phi) is 13.7. The molecule has 0 spiro atoms. The second kappa shape index (κ2) is 16.4. The predicted molar refractivity (Wildman–Crippen MR) is 164 cm³/mol. The van der Waals surface area contributed by atoms with E-state index in [9.17, 15) is 19.2 Å². The Balaban J connectivity index is 1.91. The molecule has 3 atom stereocenters. The molecule has 220 valence electrons. The standard InChI is InChI=1S/C30H43N3O5S2/c1-6-14-30(5,21(4)7-2)40-19-27(35)31-16-26(34)33-25(12-13-28(36)37)29(38)32-24-10-8-22(9-11-24)15-23-18-39-17-20(23)3/h8-11,17-18,21,25H,6-7,12-16,19H2,1-5H3,(H,31,35)(H,32,38)(H,33,34)(H,36,37)/t21?,25-,30?/m0/s1. The van der Waals surface area contributed by atoms with E-state index < -0.39 is 23.8 Å². The highest BCUT2D eigenvalue weighted by molar-refractivity contribution is 8.01. The van der Waals surface area contributed by atoms with Gasteiger partial charge in [-0.1, -0.05) is 52.7 Å². The van der Waals surface area contributed by atoms with Crippen molar-refractivity contribution in [2.24, 2.45) is 5.92 Å². The molecule has 0 fully saturated rings. The van der Waals surface area contributed by atoms with Crippen molar-refractivity contribution in [1.82, 2.24) is 10.6 Å². The fraction of sp³-hybridized carbons (Fsp3) is 0.533. The summed E-state index contributed by atoms with van der Waals surface area (Å²) in [6.45, 7) is 10.4. The summed E-state index contributed by atoms with van der Waals surface area (Å²) >= 11 is 3.27. The zero-order valence-electron chi connectivity index (χ0n) is 24.2. The maximum atomic E-state index is 12.9. The van der Waals surface area contributed by atoms with E-state index in [2.05, 4.69) is 61.3 Å². The van der Waals surface area contributed by atoms with Gasteiger partial charge in [-0.2, -0.15) is 11.3 Å². The van der Waals surface area contributed by atoms with E-state index in [1.54, 1.807) is 35.2 Å². The van der Waals surface area contributed by atoms with Gasteiger partial charge in [0.15, 0.2) is 0 Å². The quantitative estimate of drug-likeness (QED) is 0.196. The van der Waals surface area contributed by atoms with E-state index >= 15 is 0 Å². The van der Waals surface area contributed by atoms with E-state index in [-0.39, 0.29) is 35.8 Å². The highest BCUT2D eigenvalue weighted by Gasteiger charge is 2.30. The molecule has 8 nitrogen and oxygen atoms in total. The van der Waals surface area contributed by atoms with Crippen LogP contribution in [0, 0.1) is 12.8 Å². The first-order chi connectivity index (χ1) is 19.0. The molecule has 2 rings (SSSR count). The number of thioether (sulfide) groups is 1. The van der Waals surface area contributed by atoms with Crippen molar-refractivity contribution in [3.8, 4) is 0 Å². The molecule has 0 saturated heterocycles. The van der Waals surface area contributed by atoms with Crippen LogP contribution in [0.2, 0.25) is 0 Å². The summed E-state index contributed by atoms with van der Waals surface area (Å²) in [5.74, 6) is -1.70. The third kappa shape index (κ3) is 11.0. The van der Waals surface area contributed by atoms with Gasteiger partial charge < -0.3 is 21.1 Å². The van der Waals surface area contributed by atoms with Gasteiger partial charge >= 0.3 is 5.97 Å². The van der Waals surface area contributed by atoms with Gasteiger partial charge in [0.25, 0.3) is 0 Å². The molecule has 4 N–H and O–H groups in total. The Morgan fingerprint density at radius 1 is 1.07 bits per heavy atom. The summed E-state index contributed by atoms with van der Waals surface area (Å²) in [5, 5.41) is 21.3. The first-order valence-corrected chi connectivity index (χ1v) is 15.7. The van der Waals surface area contributed by atoms with Gasteiger partial charge in [-0.05, 0) is 71.7 Å². The van der Waals surface area contributed by atoms with Gasteiger partial charge in [0.1, 0.15) is 6.04 Å². The second-order valence-electron chi connectivity index (χ2n) is 10.4. The maximum Gasteiger partial charge on any atom is 0.303 e. The minimum atomic E-state index is -1.07. The molecule has 0 aliphatic rings. The molecule has 1 heterocycles. The number of thiophene rings is 1. The van der Waals surface area contributed by atoms with Crippen LogP contribution in [0.15, 0.2) is 35.0 Å². The van der Waals surface area contributed by atoms with Crippen LogP contribution in [-0.2, 0) is 25.6 Å². The number of aryl methyl sites for hydroxylation is 1. The number of rotatable bonds is 17. The van der Waals surface area contributed by atoms with Crippen molar-refractivity contribution in [1.29, 1.82) is 0 Å². The Hall–Kier alpha value is -2.85. The molecule has 2 aromatic rings. The number of carbonyl (C=O) groups excluding carboxylic acids is 3. The Morgan fingerprint density at radius 3 is 2.35 bits per heavy atom. The average Bonchev–Trinajstić information content (AvgIpc) is 3.33. The summed E-state index contributed by atoms with van der Waals surface area (Å²) < 4.78 is -0.0236. The van der Waals surface area contributed by atoms with E-state index in [1.165, 1.54) is 11.1 Å². The molecular weight excluding hydrogens is 546 g/mol. The highest BCUT2D eigenvalue weighted by Crippen LogP contribution is 2.38. The van der Waals surface area contributed by atoms with Crippen molar-refractivity contribution < 1.29 is 24.3 Å². The van der Waals surface area contributed by atoms with E-state index in [4.69, 9.17) is 5.11 Å². The maximum absolute atomic E-state index is 12.9. The Morgan fingerprint density at radius 2 is 1.77 bits per heavy atom. The average molecular weight is 590 g/mol. The largest absolute Gasteiger partial charge is 0.481 e. The summed E-state index contributed by atoms with van der Waals surface area (Å²) in [7, 11) is 0. The van der Waals surface area contributed by atoms with Gasteiger partial charge in [0.2, 0.25) is 17.7 Å². The van der Waals surface area contributed by atoms with Crippen LogP contribution in [-0.4, -0.2) is 51.9 Å². The molecule has 2 unspecified atom stereocenters. The summed E-state index contributed by atoms with van der Waals surface area (Å²) in [6, 6.07) is 6.38. The molecule has 0 aliphatic carbocycles. The van der Waals surface area contributed by atoms with Crippen LogP contribution in [0.3, 0.4) is 0 Å². The number of benzene rings is 1. The van der Waals surface area contributed by atoms with Crippen LogP contribution in [0.25, 0.3) is 0 Å². The number of aliphatic carboxylic acids is 1. The predicted octanol–water partition coefficient (Wildman–Crippen LogP) is 5.39. The Labute approximate surface area is 246 Å². The third-order valence-electron chi connectivity index (χ3n) is 7.26. The number of carboxylic acid groups (broad SMARTS) is 1. The number of amides is 3. The van der Waals surface area contributed by atoms with Crippen LogP contribution >= 0.6 is 23.1 Å². The fourth-order valence-electron chi connectivity index (χ4n) is 4.35. The normalized spacial score (nSPS) is 14.0. The molecule has 10 heteroatoms. The molecule has 40 heavy (non-hydrogen) atoms. The van der Waals surface area contributed by atoms with Crippen LogP contribution < -0.4 is 16.0 Å². The lowest BCUT2D eigenvalue weighted by Gasteiger charge is -2.34. The molecule has 0 aliphatic heterocycles. The third-order valence-corrected chi connectivity index (χ3v) is 9.84. The van der Waals surface area contributed by atoms with E-state index in [0.29, 0.717) is 11.6 Å². The summed E-state index contributed by atoms with van der Waals surface area (Å²) in [4.78, 5) is 49.1. The van der Waals surface area contributed by atoms with Gasteiger partial charge in [0, 0.05) is 16.9 Å². The molecule has 0 bridgehead atoms. The number of anilines is 1. The van der Waals surface area contributed by atoms with Crippen molar-refractivity contribution in [3.63, 3.8) is 0 Å². The van der Waals surface area contributed by atoms with Crippen molar-refractivity contribution in [3.05, 3.63) is 51.7 Å². The zero-order chi connectivity index (χ0) is 29.7. The number of hydrogen-bond donors (Lipinski definition) is 4. The minimum Gasteiger partial charge on any atom is -0.481 e. The van der Waals surface area contributed by atoms with Crippen LogP contribution in [0.1, 0.15) is 76.5 Å². The highest BCUT2D eigenvalue weighted by atomic mass is 32.2. The van der Waals surface area contributed by atoms with Gasteiger partial charge in [-0.3, -0.25) is 19.2 Å². The smallest absolute Gasteiger partial charge is 0.303 e. The number of nitrogens with one attached hydrogen (secondary N) is 3. The molecule has 0 radical (unpaired) electrons. The van der Waals surface area contributed by atoms with Crippen LogP contribution in [0.5, 0.6) is 0 Å². The van der Waals surface area contributed by atoms with Gasteiger partial charge in [-0.25, -0.2) is 0 Å². The van der Waals surface area contributed by atoms with Crippen molar-refractivity contribution in [2.75, 3.05) is 17.6 Å². The molecule has 1 aromatic heterocycles. The SMILES string of the molecule is CCCC(C)(SCC(=O)NCC(=O)N[C@@H](CCC(=O)O)C(=O)Nc1ccc(Cc2cscc2C)cc1)C(C)CC. The van der Waals surface area contributed by atoms with E-state index in [1.807, 2.05) is 12.1 Å². The topological polar surface area (TPSA) is 125 Å². The molecule has 0 saturated carbocycles. The Bertz CT molecular complexity index is 1130. The van der Waals surface area contributed by atoms with Gasteiger partial charge in [0.05, 0.1) is 12.3 Å². The van der Waals surface area contributed by atoms with Crippen molar-refractivity contribution >= 4 is 52.5 Å². The lowest BCUT2D eigenvalue weighted by atomic mass is 9.89. The van der Waals surface area contributed by atoms with E-state index in [0.717, 1.165) is 31.2 Å². The molecular formula is C30H43N3O5S2. The zero-order valence-corrected chi connectivity index (χ0v) is 25.8. The number of hydrogen-bond acceptors (Lipinski definition) is 6. The lowest BCUT2D eigenvalue weighted by molar-refractivity contribution is -0.137. The first-order valence-electron chi connectivity index (χ1n) is 13.8. The summed E-state index contributed by atoms with van der Waals surface area (Å²) in [5.41, 5.74) is 4.15. The van der Waals surface area contributed by atoms with Gasteiger partial charge in [-0.15, -0.1) is 11.8 Å². The first kappa shape index (κ1) is 33.4. The fourth-order valence-corrected chi connectivity index (χ4v) is 6.57. The lowest BCUT2D eigenvalue weighted by Crippen LogP contribution is -2.48. The monoisotopic (exact) mass is 589 g/mol. The number of carbonyl (C=O) groups is 4.